The molecule has 0 radical (unpaired) electrons. The lowest BCUT2D eigenvalue weighted by molar-refractivity contribution is 0.712. The largest absolute Gasteiger partial charge is 0.369 e. The van der Waals surface area contributed by atoms with Gasteiger partial charge in [0.05, 0.1) is 5.69 Å². The zero-order chi connectivity index (χ0) is 13.1. The van der Waals surface area contributed by atoms with Crippen molar-refractivity contribution in [1.82, 2.24) is 0 Å². The second-order valence-electron chi connectivity index (χ2n) is 5.40. The molecule has 0 aromatic heterocycles. The summed E-state index contributed by atoms with van der Waals surface area (Å²) >= 11 is 2.01. The first-order valence-corrected chi connectivity index (χ1v) is 7.75. The van der Waals surface area contributed by atoms with Crippen LogP contribution in [0.1, 0.15) is 38.7 Å². The van der Waals surface area contributed by atoms with Gasteiger partial charge in [-0.05, 0) is 36.6 Å². The lowest BCUT2D eigenvalue weighted by atomic mass is 10.0. The van der Waals surface area contributed by atoms with Gasteiger partial charge in [0.15, 0.2) is 0 Å². The molecule has 1 aromatic rings. The van der Waals surface area contributed by atoms with Gasteiger partial charge >= 0.3 is 0 Å². The molecule has 0 aliphatic carbocycles. The lowest BCUT2D eigenvalue weighted by Crippen LogP contribution is -2.35. The molecule has 2 nitrogen and oxygen atoms in total. The van der Waals surface area contributed by atoms with E-state index < -0.39 is 0 Å². The van der Waals surface area contributed by atoms with Crippen molar-refractivity contribution >= 4 is 17.4 Å². The predicted octanol–water partition coefficient (Wildman–Crippen LogP) is 3.46. The summed E-state index contributed by atoms with van der Waals surface area (Å²) in [5.74, 6) is 0.602. The molecule has 1 aliphatic rings. The van der Waals surface area contributed by atoms with Crippen molar-refractivity contribution in [3.63, 3.8) is 0 Å². The Kier molecular flexibility index (Phi) is 4.57. The fraction of sp³-hybridized carbons (Fsp3) is 0.600. The third kappa shape index (κ3) is 3.01. The Morgan fingerprint density at radius 1 is 1.44 bits per heavy atom. The minimum absolute atomic E-state index is 0.602. The van der Waals surface area contributed by atoms with Crippen molar-refractivity contribution in [2.24, 2.45) is 5.73 Å². The summed E-state index contributed by atoms with van der Waals surface area (Å²) in [7, 11) is 0. The number of benzene rings is 1. The Hall–Kier alpha value is -0.670. The average molecular weight is 264 g/mol. The fourth-order valence-electron chi connectivity index (χ4n) is 2.40. The summed E-state index contributed by atoms with van der Waals surface area (Å²) in [6.45, 7) is 9.81. The molecule has 0 fully saturated rings. The third-order valence-electron chi connectivity index (χ3n) is 3.43. The molecule has 2 rings (SSSR count). The maximum absolute atomic E-state index is 5.63. The monoisotopic (exact) mass is 264 g/mol. The van der Waals surface area contributed by atoms with Crippen molar-refractivity contribution in [2.45, 2.75) is 43.3 Å². The molecule has 1 aliphatic heterocycles. The Morgan fingerprint density at radius 2 is 2.22 bits per heavy atom. The van der Waals surface area contributed by atoms with Crippen molar-refractivity contribution in [2.75, 3.05) is 24.5 Å². The normalized spacial score (nSPS) is 19.2. The summed E-state index contributed by atoms with van der Waals surface area (Å²) in [5, 5.41) is 0.665. The summed E-state index contributed by atoms with van der Waals surface area (Å²) in [4.78, 5) is 3.94. The minimum Gasteiger partial charge on any atom is -0.369 e. The van der Waals surface area contributed by atoms with E-state index in [1.807, 2.05) is 11.8 Å². The molecule has 18 heavy (non-hydrogen) atoms. The highest BCUT2D eigenvalue weighted by Crippen LogP contribution is 2.39. The van der Waals surface area contributed by atoms with Gasteiger partial charge in [-0.1, -0.05) is 26.8 Å². The van der Waals surface area contributed by atoms with Crippen molar-refractivity contribution in [3.8, 4) is 0 Å². The van der Waals surface area contributed by atoms with Gasteiger partial charge in [0.1, 0.15) is 0 Å². The van der Waals surface area contributed by atoms with Gasteiger partial charge in [0.2, 0.25) is 0 Å². The van der Waals surface area contributed by atoms with E-state index in [-0.39, 0.29) is 0 Å². The number of rotatable bonds is 4. The Labute approximate surface area is 115 Å². The first kappa shape index (κ1) is 13.8. The predicted molar refractivity (Wildman–Crippen MR) is 81.7 cm³/mol. The zero-order valence-corrected chi connectivity index (χ0v) is 12.5. The molecule has 0 amide bonds. The number of hydrogen-bond donors (Lipinski definition) is 1. The van der Waals surface area contributed by atoms with Gasteiger partial charge in [-0.3, -0.25) is 0 Å². The molecule has 0 saturated carbocycles. The van der Waals surface area contributed by atoms with Crippen molar-refractivity contribution in [3.05, 3.63) is 23.8 Å². The van der Waals surface area contributed by atoms with E-state index in [1.165, 1.54) is 16.1 Å². The molecule has 0 saturated heterocycles. The Bertz CT molecular complexity index is 403. The number of hydrogen-bond acceptors (Lipinski definition) is 3. The van der Waals surface area contributed by atoms with Crippen LogP contribution in [0, 0.1) is 0 Å². The molecule has 0 spiro atoms. The molecule has 1 heterocycles. The van der Waals surface area contributed by atoms with Crippen LogP contribution in [-0.2, 0) is 0 Å². The summed E-state index contributed by atoms with van der Waals surface area (Å²) in [6, 6.07) is 6.94. The highest BCUT2D eigenvalue weighted by molar-refractivity contribution is 8.00. The van der Waals surface area contributed by atoms with Gasteiger partial charge in [-0.25, -0.2) is 0 Å². The standard InChI is InChI=1S/C15H24N2S/c1-11(2)13-5-6-14-15(9-13)18-12(3)10-17(14)8-4-7-16/h5-6,9,11-12H,4,7-8,10,16H2,1-3H3. The molecule has 1 atom stereocenters. The molecule has 100 valence electrons. The van der Waals surface area contributed by atoms with E-state index in [0.29, 0.717) is 11.2 Å². The van der Waals surface area contributed by atoms with E-state index in [9.17, 15) is 0 Å². The van der Waals surface area contributed by atoms with Crippen LogP contribution in [0.4, 0.5) is 5.69 Å². The van der Waals surface area contributed by atoms with Crippen LogP contribution >= 0.6 is 11.8 Å². The smallest absolute Gasteiger partial charge is 0.0505 e. The SMILES string of the molecule is CC1CN(CCCN)c2ccc(C(C)C)cc2S1. The second-order valence-corrected chi connectivity index (χ2v) is 6.88. The number of fused-ring (bicyclic) bond motifs is 1. The quantitative estimate of drug-likeness (QED) is 0.903. The van der Waals surface area contributed by atoms with Crippen LogP contribution < -0.4 is 10.6 Å². The maximum atomic E-state index is 5.63. The van der Waals surface area contributed by atoms with Crippen LogP contribution in [-0.4, -0.2) is 24.9 Å². The van der Waals surface area contributed by atoms with Gasteiger partial charge in [-0.15, -0.1) is 11.8 Å². The molecule has 1 unspecified atom stereocenters. The van der Waals surface area contributed by atoms with Gasteiger partial charge in [-0.2, -0.15) is 0 Å². The van der Waals surface area contributed by atoms with Crippen molar-refractivity contribution < 1.29 is 0 Å². The molecule has 1 aromatic carbocycles. The molecular formula is C15H24N2S. The molecule has 0 bridgehead atoms. The van der Waals surface area contributed by atoms with Crippen LogP contribution in [0.15, 0.2) is 23.1 Å². The number of thioether (sulfide) groups is 1. The first-order valence-electron chi connectivity index (χ1n) is 6.87. The first-order chi connectivity index (χ1) is 8.61. The third-order valence-corrected chi connectivity index (χ3v) is 4.56. The molecule has 2 N–H and O–H groups in total. The van der Waals surface area contributed by atoms with Gasteiger partial charge in [0.25, 0.3) is 0 Å². The zero-order valence-electron chi connectivity index (χ0n) is 11.6. The summed E-state index contributed by atoms with van der Waals surface area (Å²) in [6.07, 6.45) is 1.07. The summed E-state index contributed by atoms with van der Waals surface area (Å²) in [5.41, 5.74) is 8.47. The van der Waals surface area contributed by atoms with Gasteiger partial charge < -0.3 is 10.6 Å². The summed E-state index contributed by atoms with van der Waals surface area (Å²) < 4.78 is 0. The topological polar surface area (TPSA) is 29.3 Å². The Balaban J connectivity index is 2.26. The van der Waals surface area contributed by atoms with E-state index >= 15 is 0 Å². The number of anilines is 1. The average Bonchev–Trinajstić information content (AvgIpc) is 2.34. The van der Waals surface area contributed by atoms with E-state index in [4.69, 9.17) is 5.73 Å². The van der Waals surface area contributed by atoms with E-state index in [1.54, 1.807) is 0 Å². The van der Waals surface area contributed by atoms with Crippen LogP contribution in [0.5, 0.6) is 0 Å². The van der Waals surface area contributed by atoms with Crippen LogP contribution in [0.25, 0.3) is 0 Å². The Morgan fingerprint density at radius 3 is 2.89 bits per heavy atom. The van der Waals surface area contributed by atoms with E-state index in [2.05, 4.69) is 43.9 Å². The lowest BCUT2D eigenvalue weighted by Gasteiger charge is -2.34. The number of nitrogens with two attached hydrogens (primary N) is 1. The highest BCUT2D eigenvalue weighted by Gasteiger charge is 2.22. The van der Waals surface area contributed by atoms with Crippen LogP contribution in [0.2, 0.25) is 0 Å². The van der Waals surface area contributed by atoms with Gasteiger partial charge in [0, 0.05) is 23.2 Å². The molecular weight excluding hydrogens is 240 g/mol. The number of nitrogens with zero attached hydrogens (tertiary/aromatic N) is 1. The maximum Gasteiger partial charge on any atom is 0.0505 e. The van der Waals surface area contributed by atoms with Crippen LogP contribution in [0.3, 0.4) is 0 Å². The highest BCUT2D eigenvalue weighted by atomic mass is 32.2. The second kappa shape index (κ2) is 5.98. The van der Waals surface area contributed by atoms with Crippen molar-refractivity contribution in [1.29, 1.82) is 0 Å². The molecule has 3 heteroatoms. The fourth-order valence-corrected chi connectivity index (χ4v) is 3.61. The van der Waals surface area contributed by atoms with E-state index in [0.717, 1.165) is 26.1 Å². The minimum atomic E-state index is 0.602.